The molecule has 23 heavy (non-hydrogen) atoms. The van der Waals surface area contributed by atoms with Crippen molar-refractivity contribution in [3.8, 4) is 5.75 Å². The van der Waals surface area contributed by atoms with Crippen molar-refractivity contribution in [1.82, 2.24) is 5.43 Å². The van der Waals surface area contributed by atoms with E-state index in [-0.39, 0.29) is 5.91 Å². The number of rotatable bonds is 4. The molecule has 3 aromatic rings. The lowest BCUT2D eigenvalue weighted by atomic mass is 10.0. The average molecular weight is 324 g/mol. The Labute approximate surface area is 138 Å². The van der Waals surface area contributed by atoms with Crippen LogP contribution in [0.15, 0.2) is 53.6 Å². The minimum Gasteiger partial charge on any atom is -0.496 e. The van der Waals surface area contributed by atoms with Crippen LogP contribution in [0.5, 0.6) is 5.75 Å². The Bertz CT molecular complexity index is 884. The molecule has 1 heterocycles. The number of hydrogen-bond acceptors (Lipinski definition) is 4. The van der Waals surface area contributed by atoms with Crippen LogP contribution in [-0.4, -0.2) is 19.2 Å². The molecule has 0 saturated carbocycles. The van der Waals surface area contributed by atoms with Crippen LogP contribution in [-0.2, 0) is 0 Å². The fraction of sp³-hybridized carbons (Fsp3) is 0.111. The number of thiophene rings is 1. The number of amides is 1. The maximum atomic E-state index is 12.0. The molecule has 0 bridgehead atoms. The van der Waals surface area contributed by atoms with E-state index in [9.17, 15) is 4.79 Å². The van der Waals surface area contributed by atoms with Gasteiger partial charge in [-0.3, -0.25) is 4.79 Å². The Balaban J connectivity index is 1.87. The van der Waals surface area contributed by atoms with Crippen molar-refractivity contribution in [3.05, 3.63) is 63.8 Å². The van der Waals surface area contributed by atoms with E-state index in [2.05, 4.69) is 10.5 Å². The number of hydrogen-bond donors (Lipinski definition) is 1. The minimum atomic E-state index is -0.210. The highest BCUT2D eigenvalue weighted by Gasteiger charge is 2.08. The SMILES string of the molecule is COc1ccc2ccccc2c1/C=N/NC(=O)c1ccc(C)s1. The quantitative estimate of drug-likeness (QED) is 0.583. The molecule has 2 aromatic carbocycles. The normalized spacial score (nSPS) is 11.0. The zero-order chi connectivity index (χ0) is 16.2. The van der Waals surface area contributed by atoms with Gasteiger partial charge in [0, 0.05) is 10.4 Å². The number of nitrogens with one attached hydrogen (secondary N) is 1. The number of carbonyl (C=O) groups is 1. The second-order valence-electron chi connectivity index (χ2n) is 5.01. The summed E-state index contributed by atoms with van der Waals surface area (Å²) in [5.74, 6) is 0.507. The van der Waals surface area contributed by atoms with Gasteiger partial charge in [-0.25, -0.2) is 5.43 Å². The number of carbonyl (C=O) groups excluding carboxylic acids is 1. The first-order valence-electron chi connectivity index (χ1n) is 7.14. The maximum Gasteiger partial charge on any atom is 0.281 e. The molecule has 5 heteroatoms. The molecule has 116 valence electrons. The molecule has 1 aromatic heterocycles. The highest BCUT2D eigenvalue weighted by Crippen LogP contribution is 2.26. The van der Waals surface area contributed by atoms with Crippen LogP contribution in [0.3, 0.4) is 0 Å². The predicted octanol–water partition coefficient (Wildman–Crippen LogP) is 3.98. The van der Waals surface area contributed by atoms with Crippen LogP contribution in [0.4, 0.5) is 0 Å². The molecule has 0 aliphatic carbocycles. The summed E-state index contributed by atoms with van der Waals surface area (Å²) >= 11 is 1.44. The number of methoxy groups -OCH3 is 1. The van der Waals surface area contributed by atoms with Crippen molar-refractivity contribution < 1.29 is 9.53 Å². The lowest BCUT2D eigenvalue weighted by molar-refractivity contribution is 0.0959. The molecule has 4 nitrogen and oxygen atoms in total. The molecule has 0 saturated heterocycles. The topological polar surface area (TPSA) is 50.7 Å². The second kappa shape index (κ2) is 6.62. The summed E-state index contributed by atoms with van der Waals surface area (Å²) in [6, 6.07) is 15.6. The monoisotopic (exact) mass is 324 g/mol. The van der Waals surface area contributed by atoms with Crippen LogP contribution in [0.2, 0.25) is 0 Å². The Morgan fingerprint density at radius 2 is 2.00 bits per heavy atom. The first-order valence-corrected chi connectivity index (χ1v) is 7.96. The van der Waals surface area contributed by atoms with E-state index in [1.165, 1.54) is 11.3 Å². The number of ether oxygens (including phenoxy) is 1. The van der Waals surface area contributed by atoms with Gasteiger partial charge in [-0.1, -0.05) is 30.3 Å². The standard InChI is InChI=1S/C18H16N2O2S/c1-12-7-10-17(23-12)18(21)20-19-11-15-14-6-4-3-5-13(14)8-9-16(15)22-2/h3-11H,1-2H3,(H,20,21)/b19-11+. The fourth-order valence-electron chi connectivity index (χ4n) is 2.35. The molecule has 3 rings (SSSR count). The average Bonchev–Trinajstić information content (AvgIpc) is 3.01. The van der Waals surface area contributed by atoms with Gasteiger partial charge in [-0.15, -0.1) is 11.3 Å². The minimum absolute atomic E-state index is 0.210. The summed E-state index contributed by atoms with van der Waals surface area (Å²) in [5, 5.41) is 6.21. The zero-order valence-corrected chi connectivity index (χ0v) is 13.7. The third-order valence-electron chi connectivity index (χ3n) is 3.47. The van der Waals surface area contributed by atoms with Crippen LogP contribution in [0.1, 0.15) is 20.1 Å². The van der Waals surface area contributed by atoms with Crippen molar-refractivity contribution in [2.75, 3.05) is 7.11 Å². The van der Waals surface area contributed by atoms with E-state index in [0.29, 0.717) is 10.6 Å². The summed E-state index contributed by atoms with van der Waals surface area (Å²) in [6.07, 6.45) is 1.62. The third kappa shape index (κ3) is 3.24. The van der Waals surface area contributed by atoms with Crippen molar-refractivity contribution in [2.24, 2.45) is 5.10 Å². The largest absolute Gasteiger partial charge is 0.496 e. The van der Waals surface area contributed by atoms with Gasteiger partial charge in [-0.2, -0.15) is 5.10 Å². The summed E-state index contributed by atoms with van der Waals surface area (Å²) in [7, 11) is 1.62. The van der Waals surface area contributed by atoms with Crippen molar-refractivity contribution in [2.45, 2.75) is 6.92 Å². The van der Waals surface area contributed by atoms with Crippen molar-refractivity contribution in [1.29, 1.82) is 0 Å². The first kappa shape index (κ1) is 15.2. The highest BCUT2D eigenvalue weighted by atomic mass is 32.1. The van der Waals surface area contributed by atoms with Gasteiger partial charge in [0.2, 0.25) is 0 Å². The molecular formula is C18H16N2O2S. The summed E-state index contributed by atoms with van der Waals surface area (Å²) < 4.78 is 5.40. The van der Waals surface area contributed by atoms with Gasteiger partial charge < -0.3 is 4.74 Å². The molecular weight excluding hydrogens is 308 g/mol. The fourth-order valence-corrected chi connectivity index (χ4v) is 3.11. The molecule has 0 radical (unpaired) electrons. The van der Waals surface area contributed by atoms with E-state index < -0.39 is 0 Å². The van der Waals surface area contributed by atoms with E-state index in [1.807, 2.05) is 49.4 Å². The number of aryl methyl sites for hydroxylation is 1. The van der Waals surface area contributed by atoms with E-state index >= 15 is 0 Å². The van der Waals surface area contributed by atoms with Crippen LogP contribution in [0.25, 0.3) is 10.8 Å². The molecule has 1 N–H and O–H groups in total. The smallest absolute Gasteiger partial charge is 0.281 e. The zero-order valence-electron chi connectivity index (χ0n) is 12.9. The molecule has 0 aliphatic heterocycles. The molecule has 0 unspecified atom stereocenters. The Kier molecular flexibility index (Phi) is 4.39. The van der Waals surface area contributed by atoms with Crippen LogP contribution >= 0.6 is 11.3 Å². The van der Waals surface area contributed by atoms with Gasteiger partial charge in [0.1, 0.15) is 5.75 Å². The summed E-state index contributed by atoms with van der Waals surface area (Å²) in [6.45, 7) is 1.96. The van der Waals surface area contributed by atoms with Gasteiger partial charge >= 0.3 is 0 Å². The predicted molar refractivity (Wildman–Crippen MR) is 94.6 cm³/mol. The third-order valence-corrected chi connectivity index (χ3v) is 4.47. The Hall–Kier alpha value is -2.66. The molecule has 0 spiro atoms. The number of hydrazone groups is 1. The molecule has 0 fully saturated rings. The number of benzene rings is 2. The first-order chi connectivity index (χ1) is 11.2. The van der Waals surface area contributed by atoms with E-state index in [4.69, 9.17) is 4.74 Å². The molecule has 0 atom stereocenters. The highest BCUT2D eigenvalue weighted by molar-refractivity contribution is 7.13. The summed E-state index contributed by atoms with van der Waals surface area (Å²) in [4.78, 5) is 13.8. The molecule has 1 amide bonds. The van der Waals surface area contributed by atoms with Crippen molar-refractivity contribution >= 4 is 34.2 Å². The Morgan fingerprint density at radius 1 is 1.17 bits per heavy atom. The maximum absolute atomic E-state index is 12.0. The summed E-state index contributed by atoms with van der Waals surface area (Å²) in [5.41, 5.74) is 3.40. The lowest BCUT2D eigenvalue weighted by Gasteiger charge is -2.08. The number of fused-ring (bicyclic) bond motifs is 1. The van der Waals surface area contributed by atoms with E-state index in [1.54, 1.807) is 19.4 Å². The lowest BCUT2D eigenvalue weighted by Crippen LogP contribution is -2.16. The van der Waals surface area contributed by atoms with E-state index in [0.717, 1.165) is 21.2 Å². The number of nitrogens with zero attached hydrogens (tertiary/aromatic N) is 1. The second-order valence-corrected chi connectivity index (χ2v) is 6.30. The molecule has 0 aliphatic rings. The van der Waals surface area contributed by atoms with Gasteiger partial charge in [0.15, 0.2) is 0 Å². The van der Waals surface area contributed by atoms with Gasteiger partial charge in [0.05, 0.1) is 18.2 Å². The van der Waals surface area contributed by atoms with Crippen LogP contribution < -0.4 is 10.2 Å². The van der Waals surface area contributed by atoms with Gasteiger partial charge in [0.25, 0.3) is 5.91 Å². The Morgan fingerprint density at radius 3 is 2.74 bits per heavy atom. The van der Waals surface area contributed by atoms with Gasteiger partial charge in [-0.05, 0) is 35.9 Å². The van der Waals surface area contributed by atoms with Crippen LogP contribution in [0, 0.1) is 6.92 Å². The van der Waals surface area contributed by atoms with Crippen molar-refractivity contribution in [3.63, 3.8) is 0 Å².